The summed E-state index contributed by atoms with van der Waals surface area (Å²) in [6, 6.07) is 4.16. The second kappa shape index (κ2) is 8.12. The molecule has 0 saturated heterocycles. The number of alkyl halides is 4. The van der Waals surface area contributed by atoms with Gasteiger partial charge in [0.25, 0.3) is 0 Å². The van der Waals surface area contributed by atoms with Crippen LogP contribution in [0.25, 0.3) is 0 Å². The molecular formula is C13H15Br2F3O2. The van der Waals surface area contributed by atoms with Gasteiger partial charge >= 0.3 is 6.36 Å². The Bertz CT molecular complexity index is 425. The maximum absolute atomic E-state index is 12.1. The lowest BCUT2D eigenvalue weighted by atomic mass is 10.1. The second-order valence-electron chi connectivity index (χ2n) is 4.36. The molecule has 2 nitrogen and oxygen atoms in total. The van der Waals surface area contributed by atoms with Crippen LogP contribution in [-0.2, 0) is 0 Å². The van der Waals surface area contributed by atoms with Gasteiger partial charge in [0, 0.05) is 5.33 Å². The van der Waals surface area contributed by atoms with Crippen LogP contribution in [0.2, 0.25) is 0 Å². The number of ether oxygens (including phenoxy) is 2. The molecule has 0 bridgehead atoms. The first-order valence-corrected chi connectivity index (χ1v) is 7.97. The topological polar surface area (TPSA) is 18.5 Å². The Hall–Kier alpha value is -0.430. The van der Waals surface area contributed by atoms with E-state index >= 15 is 0 Å². The third-order valence-electron chi connectivity index (χ3n) is 2.61. The van der Waals surface area contributed by atoms with Crippen molar-refractivity contribution in [2.24, 2.45) is 5.92 Å². The largest absolute Gasteiger partial charge is 0.573 e. The molecule has 0 heterocycles. The molecule has 0 saturated carbocycles. The van der Waals surface area contributed by atoms with Crippen LogP contribution in [0.1, 0.15) is 19.8 Å². The van der Waals surface area contributed by atoms with Crippen LogP contribution in [0.5, 0.6) is 11.5 Å². The lowest BCUT2D eigenvalue weighted by Crippen LogP contribution is -2.17. The van der Waals surface area contributed by atoms with Crippen LogP contribution in [0, 0.1) is 5.92 Å². The Labute approximate surface area is 132 Å². The zero-order valence-electron chi connectivity index (χ0n) is 10.8. The van der Waals surface area contributed by atoms with Gasteiger partial charge in [-0.2, -0.15) is 0 Å². The van der Waals surface area contributed by atoms with Crippen LogP contribution in [0.3, 0.4) is 0 Å². The van der Waals surface area contributed by atoms with Crippen LogP contribution in [-0.4, -0.2) is 18.3 Å². The summed E-state index contributed by atoms with van der Waals surface area (Å²) in [6.07, 6.45) is -2.74. The van der Waals surface area contributed by atoms with Crippen molar-refractivity contribution < 1.29 is 22.6 Å². The van der Waals surface area contributed by atoms with E-state index in [0.29, 0.717) is 18.3 Å². The summed E-state index contributed by atoms with van der Waals surface area (Å²) in [5.74, 6) is 0.764. The molecule has 0 radical (unpaired) electrons. The number of rotatable bonds is 7. The standard InChI is InChI=1S/C13H15Br2F3O2/c1-9(4-6-14)5-7-19-10-2-3-12(11(15)8-10)20-13(16,17)18/h2-3,8-9H,4-7H2,1H3. The van der Waals surface area contributed by atoms with Crippen molar-refractivity contribution in [1.29, 1.82) is 0 Å². The van der Waals surface area contributed by atoms with Crippen molar-refractivity contribution in [2.45, 2.75) is 26.1 Å². The Balaban J connectivity index is 2.51. The van der Waals surface area contributed by atoms with Gasteiger partial charge in [-0.15, -0.1) is 13.2 Å². The van der Waals surface area contributed by atoms with E-state index in [-0.39, 0.29) is 10.2 Å². The summed E-state index contributed by atoms with van der Waals surface area (Å²) in [5, 5.41) is 0.948. The Morgan fingerprint density at radius 1 is 1.25 bits per heavy atom. The highest BCUT2D eigenvalue weighted by Crippen LogP contribution is 2.33. The van der Waals surface area contributed by atoms with E-state index in [1.807, 2.05) is 0 Å². The Morgan fingerprint density at radius 2 is 1.95 bits per heavy atom. The summed E-state index contributed by atoms with van der Waals surface area (Å²) in [5.41, 5.74) is 0. The predicted octanol–water partition coefficient (Wildman–Crippen LogP) is 5.54. The minimum Gasteiger partial charge on any atom is -0.494 e. The van der Waals surface area contributed by atoms with Crippen LogP contribution >= 0.6 is 31.9 Å². The van der Waals surface area contributed by atoms with Crippen molar-refractivity contribution >= 4 is 31.9 Å². The van der Waals surface area contributed by atoms with E-state index < -0.39 is 6.36 Å². The zero-order valence-corrected chi connectivity index (χ0v) is 14.0. The van der Waals surface area contributed by atoms with Crippen molar-refractivity contribution in [3.63, 3.8) is 0 Å². The predicted molar refractivity (Wildman–Crippen MR) is 78.5 cm³/mol. The molecule has 0 spiro atoms. The molecule has 0 aliphatic rings. The van der Waals surface area contributed by atoms with Crippen LogP contribution in [0.15, 0.2) is 22.7 Å². The fraction of sp³-hybridized carbons (Fsp3) is 0.538. The molecule has 1 atom stereocenters. The highest BCUT2D eigenvalue weighted by molar-refractivity contribution is 9.10. The third kappa shape index (κ3) is 6.83. The third-order valence-corrected chi connectivity index (χ3v) is 3.69. The summed E-state index contributed by atoms with van der Waals surface area (Å²) in [7, 11) is 0. The normalized spacial score (nSPS) is 13.1. The van der Waals surface area contributed by atoms with Crippen molar-refractivity contribution in [3.05, 3.63) is 22.7 Å². The maximum atomic E-state index is 12.1. The van der Waals surface area contributed by atoms with E-state index in [1.165, 1.54) is 18.2 Å². The number of hydrogen-bond donors (Lipinski definition) is 0. The molecule has 7 heteroatoms. The average Bonchev–Trinajstić information content (AvgIpc) is 2.31. The SMILES string of the molecule is CC(CCBr)CCOc1ccc(OC(F)(F)F)c(Br)c1. The molecule has 0 aliphatic carbocycles. The highest BCUT2D eigenvalue weighted by Gasteiger charge is 2.31. The number of halogens is 5. The van der Waals surface area contributed by atoms with E-state index in [2.05, 4.69) is 43.5 Å². The van der Waals surface area contributed by atoms with Gasteiger partial charge in [0.15, 0.2) is 0 Å². The van der Waals surface area contributed by atoms with Crippen molar-refractivity contribution in [2.75, 3.05) is 11.9 Å². The van der Waals surface area contributed by atoms with Crippen LogP contribution in [0.4, 0.5) is 13.2 Å². The molecule has 0 N–H and O–H groups in total. The summed E-state index contributed by atoms with van der Waals surface area (Å²) < 4.78 is 45.9. The molecule has 114 valence electrons. The summed E-state index contributed by atoms with van der Waals surface area (Å²) in [4.78, 5) is 0. The average molecular weight is 420 g/mol. The highest BCUT2D eigenvalue weighted by atomic mass is 79.9. The van der Waals surface area contributed by atoms with Gasteiger partial charge in [0.2, 0.25) is 0 Å². The molecule has 20 heavy (non-hydrogen) atoms. The molecule has 0 aromatic heterocycles. The first kappa shape index (κ1) is 17.6. The molecule has 1 unspecified atom stereocenters. The lowest BCUT2D eigenvalue weighted by molar-refractivity contribution is -0.274. The van der Waals surface area contributed by atoms with Gasteiger partial charge in [-0.1, -0.05) is 22.9 Å². The molecular weight excluding hydrogens is 405 g/mol. The van der Waals surface area contributed by atoms with Gasteiger partial charge in [-0.05, 0) is 52.9 Å². The first-order valence-electron chi connectivity index (χ1n) is 6.06. The Morgan fingerprint density at radius 3 is 2.50 bits per heavy atom. The molecule has 1 aromatic carbocycles. The van der Waals surface area contributed by atoms with E-state index in [4.69, 9.17) is 4.74 Å². The zero-order chi connectivity index (χ0) is 15.2. The quantitative estimate of drug-likeness (QED) is 0.540. The fourth-order valence-electron chi connectivity index (χ4n) is 1.49. The molecule has 1 rings (SSSR count). The monoisotopic (exact) mass is 418 g/mol. The first-order chi connectivity index (χ1) is 9.31. The van der Waals surface area contributed by atoms with Crippen LogP contribution < -0.4 is 9.47 Å². The van der Waals surface area contributed by atoms with Gasteiger partial charge in [-0.3, -0.25) is 0 Å². The number of benzene rings is 1. The summed E-state index contributed by atoms with van der Waals surface area (Å²) in [6.45, 7) is 2.65. The van der Waals surface area contributed by atoms with Crippen molar-refractivity contribution in [3.8, 4) is 11.5 Å². The molecule has 0 aliphatic heterocycles. The Kier molecular flexibility index (Phi) is 7.15. The molecule has 0 amide bonds. The molecule has 0 fully saturated rings. The minimum absolute atomic E-state index is 0.209. The van der Waals surface area contributed by atoms with E-state index in [1.54, 1.807) is 0 Å². The molecule has 1 aromatic rings. The lowest BCUT2D eigenvalue weighted by Gasteiger charge is -2.13. The van der Waals surface area contributed by atoms with E-state index in [9.17, 15) is 13.2 Å². The summed E-state index contributed by atoms with van der Waals surface area (Å²) >= 11 is 6.41. The van der Waals surface area contributed by atoms with E-state index in [0.717, 1.165) is 18.2 Å². The van der Waals surface area contributed by atoms with Gasteiger partial charge in [0.05, 0.1) is 11.1 Å². The smallest absolute Gasteiger partial charge is 0.494 e. The van der Waals surface area contributed by atoms with Gasteiger partial charge < -0.3 is 9.47 Å². The minimum atomic E-state index is -4.70. The maximum Gasteiger partial charge on any atom is 0.573 e. The van der Waals surface area contributed by atoms with Gasteiger partial charge in [-0.25, -0.2) is 0 Å². The second-order valence-corrected chi connectivity index (χ2v) is 6.01. The number of hydrogen-bond acceptors (Lipinski definition) is 2. The van der Waals surface area contributed by atoms with Gasteiger partial charge in [0.1, 0.15) is 11.5 Å². The fourth-order valence-corrected chi connectivity index (χ4v) is 2.71. The van der Waals surface area contributed by atoms with Crippen molar-refractivity contribution in [1.82, 2.24) is 0 Å².